The highest BCUT2D eigenvalue weighted by Crippen LogP contribution is 2.30. The molecule has 2 heterocycles. The van der Waals surface area contributed by atoms with E-state index in [-0.39, 0.29) is 23.5 Å². The Labute approximate surface area is 193 Å². The van der Waals surface area contributed by atoms with Crippen molar-refractivity contribution in [1.82, 2.24) is 4.90 Å². The fourth-order valence-electron chi connectivity index (χ4n) is 4.75. The number of nitro groups is 1. The molecule has 2 aliphatic heterocycles. The first-order chi connectivity index (χ1) is 15.9. The summed E-state index contributed by atoms with van der Waals surface area (Å²) in [5, 5.41) is 11.1. The number of halogens is 1. The second kappa shape index (κ2) is 10.4. The Bertz CT molecular complexity index is 1020. The number of anilines is 1. The lowest BCUT2D eigenvalue weighted by atomic mass is 10.0. The largest absolute Gasteiger partial charge is 0.376 e. The zero-order valence-corrected chi connectivity index (χ0v) is 19.0. The molecular weight excluding hydrogens is 425 g/mol. The number of hydrogen-bond donors (Lipinski definition) is 0. The average Bonchev–Trinajstić information content (AvgIpc) is 3.24. The van der Waals surface area contributed by atoms with Crippen LogP contribution in [0.2, 0.25) is 0 Å². The van der Waals surface area contributed by atoms with E-state index in [0.717, 1.165) is 31.6 Å². The summed E-state index contributed by atoms with van der Waals surface area (Å²) >= 11 is 0. The molecule has 0 radical (unpaired) electrons. The molecule has 0 bridgehead atoms. The van der Waals surface area contributed by atoms with Crippen LogP contribution in [-0.2, 0) is 11.2 Å². The maximum Gasteiger partial charge on any atom is 0.269 e. The summed E-state index contributed by atoms with van der Waals surface area (Å²) in [5.74, 6) is -0.597. The molecule has 0 N–H and O–H groups in total. The summed E-state index contributed by atoms with van der Waals surface area (Å²) < 4.78 is 20.1. The number of nitro benzene ring substituents is 1. The fourth-order valence-corrected chi connectivity index (χ4v) is 4.75. The second-order valence-corrected chi connectivity index (χ2v) is 8.88. The molecule has 33 heavy (non-hydrogen) atoms. The molecule has 2 aromatic carbocycles. The molecule has 1 amide bonds. The number of rotatable bonds is 7. The van der Waals surface area contributed by atoms with Crippen LogP contribution >= 0.6 is 0 Å². The van der Waals surface area contributed by atoms with Gasteiger partial charge in [0.25, 0.3) is 11.6 Å². The van der Waals surface area contributed by atoms with E-state index in [9.17, 15) is 19.3 Å². The van der Waals surface area contributed by atoms with Gasteiger partial charge in [-0.25, -0.2) is 4.39 Å². The van der Waals surface area contributed by atoms with Crippen LogP contribution in [-0.4, -0.2) is 54.6 Å². The Kier molecular flexibility index (Phi) is 7.35. The molecule has 4 rings (SSSR count). The maximum absolute atomic E-state index is 14.0. The Morgan fingerprint density at radius 3 is 2.73 bits per heavy atom. The van der Waals surface area contributed by atoms with E-state index < -0.39 is 4.92 Å². The number of aryl methyl sites for hydroxylation is 2. The summed E-state index contributed by atoms with van der Waals surface area (Å²) in [7, 11) is 0. The van der Waals surface area contributed by atoms with E-state index in [2.05, 4.69) is 4.90 Å². The second-order valence-electron chi connectivity index (χ2n) is 8.88. The molecular formula is C25H30FN3O4. The van der Waals surface area contributed by atoms with E-state index in [0.29, 0.717) is 42.8 Å². The lowest BCUT2D eigenvalue weighted by Crippen LogP contribution is -2.38. The summed E-state index contributed by atoms with van der Waals surface area (Å²) in [4.78, 5) is 28.2. The first-order valence-corrected chi connectivity index (χ1v) is 11.6. The zero-order valence-electron chi connectivity index (χ0n) is 19.0. The number of likely N-dealkylation sites (tertiary alicyclic amines) is 1. The van der Waals surface area contributed by atoms with Crippen LogP contribution in [0.15, 0.2) is 36.4 Å². The van der Waals surface area contributed by atoms with Crippen molar-refractivity contribution in [3.05, 3.63) is 69.0 Å². The summed E-state index contributed by atoms with van der Waals surface area (Å²) in [6.07, 6.45) is 4.61. The Morgan fingerprint density at radius 2 is 2.00 bits per heavy atom. The minimum atomic E-state index is -0.475. The minimum absolute atomic E-state index is 0.0541. The molecule has 7 nitrogen and oxygen atoms in total. The van der Waals surface area contributed by atoms with Crippen LogP contribution in [0.25, 0.3) is 0 Å². The summed E-state index contributed by atoms with van der Waals surface area (Å²) in [6.45, 7) is 5.99. The Hall–Kier alpha value is -2.84. The van der Waals surface area contributed by atoms with E-state index in [1.54, 1.807) is 17.9 Å². The Morgan fingerprint density at radius 1 is 1.21 bits per heavy atom. The quantitative estimate of drug-likeness (QED) is 0.349. The molecule has 0 aromatic heterocycles. The first kappa shape index (κ1) is 23.3. The number of hydrogen-bond acceptors (Lipinski definition) is 5. The molecule has 1 unspecified atom stereocenters. The van der Waals surface area contributed by atoms with Gasteiger partial charge in [-0.3, -0.25) is 14.9 Å². The predicted molar refractivity (Wildman–Crippen MR) is 124 cm³/mol. The van der Waals surface area contributed by atoms with E-state index in [1.165, 1.54) is 43.2 Å². The van der Waals surface area contributed by atoms with Crippen LogP contribution in [0, 0.1) is 22.9 Å². The standard InChI is InChI=1S/C25H30FN3O4/c1-18-15-21(29(31)32)7-9-23(18)25(30)28-17-22(33-14-4-13-27-11-2-3-12-27)8-5-19-16-20(26)6-10-24(19)28/h6-7,9-10,15-16,22H,2-5,8,11-14,17H2,1H3. The zero-order chi connectivity index (χ0) is 23.4. The average molecular weight is 456 g/mol. The third-order valence-corrected chi connectivity index (χ3v) is 6.52. The molecule has 0 spiro atoms. The van der Waals surface area contributed by atoms with Crippen molar-refractivity contribution in [3.8, 4) is 0 Å². The predicted octanol–water partition coefficient (Wildman–Crippen LogP) is 4.51. The number of benzene rings is 2. The van der Waals surface area contributed by atoms with Crippen molar-refractivity contribution in [2.24, 2.45) is 0 Å². The van der Waals surface area contributed by atoms with Crippen molar-refractivity contribution < 1.29 is 18.8 Å². The van der Waals surface area contributed by atoms with Gasteiger partial charge in [0.1, 0.15) is 5.82 Å². The highest BCUT2D eigenvalue weighted by atomic mass is 19.1. The number of non-ortho nitro benzene ring substituents is 1. The van der Waals surface area contributed by atoms with Crippen molar-refractivity contribution in [2.45, 2.75) is 45.1 Å². The number of carbonyl (C=O) groups excluding carboxylic acids is 1. The monoisotopic (exact) mass is 455 g/mol. The van der Waals surface area contributed by atoms with Gasteiger partial charge in [0, 0.05) is 36.5 Å². The number of fused-ring (bicyclic) bond motifs is 1. The third-order valence-electron chi connectivity index (χ3n) is 6.52. The maximum atomic E-state index is 14.0. The van der Waals surface area contributed by atoms with Gasteiger partial charge >= 0.3 is 0 Å². The molecule has 0 saturated carbocycles. The normalized spacial score (nSPS) is 18.7. The highest BCUT2D eigenvalue weighted by molar-refractivity contribution is 6.07. The van der Waals surface area contributed by atoms with Crippen molar-refractivity contribution in [1.29, 1.82) is 0 Å². The van der Waals surface area contributed by atoms with Crippen LogP contribution in [0.1, 0.15) is 47.2 Å². The van der Waals surface area contributed by atoms with Crippen molar-refractivity contribution in [3.63, 3.8) is 0 Å². The number of nitrogens with zero attached hydrogens (tertiary/aromatic N) is 3. The van der Waals surface area contributed by atoms with E-state index >= 15 is 0 Å². The molecule has 1 saturated heterocycles. The molecule has 1 fully saturated rings. The van der Waals surface area contributed by atoms with Crippen LogP contribution in [0.4, 0.5) is 15.8 Å². The van der Waals surface area contributed by atoms with Crippen LogP contribution < -0.4 is 4.90 Å². The van der Waals surface area contributed by atoms with Crippen LogP contribution in [0.3, 0.4) is 0 Å². The number of ether oxygens (including phenoxy) is 1. The molecule has 176 valence electrons. The SMILES string of the molecule is Cc1cc([N+](=O)[O-])ccc1C(=O)N1CC(OCCCN2CCCC2)CCc2cc(F)ccc21. The van der Waals surface area contributed by atoms with Crippen LogP contribution in [0.5, 0.6) is 0 Å². The van der Waals surface area contributed by atoms with Gasteiger partial charge in [-0.2, -0.15) is 0 Å². The number of carbonyl (C=O) groups is 1. The molecule has 0 aliphatic carbocycles. The van der Waals surface area contributed by atoms with E-state index in [1.807, 2.05) is 0 Å². The first-order valence-electron chi connectivity index (χ1n) is 11.6. The third kappa shape index (κ3) is 5.57. The van der Waals surface area contributed by atoms with Gasteiger partial charge in [-0.15, -0.1) is 0 Å². The van der Waals surface area contributed by atoms with E-state index in [4.69, 9.17) is 4.74 Å². The number of amides is 1. The van der Waals surface area contributed by atoms with Gasteiger partial charge < -0.3 is 14.5 Å². The van der Waals surface area contributed by atoms with Crippen molar-refractivity contribution >= 4 is 17.3 Å². The topological polar surface area (TPSA) is 75.9 Å². The van der Waals surface area contributed by atoms with Gasteiger partial charge in [-0.1, -0.05) is 0 Å². The van der Waals surface area contributed by atoms with Gasteiger partial charge in [0.05, 0.1) is 17.6 Å². The van der Waals surface area contributed by atoms with Gasteiger partial charge in [0.2, 0.25) is 0 Å². The summed E-state index contributed by atoms with van der Waals surface area (Å²) in [5.41, 5.74) is 2.31. The fraction of sp³-hybridized carbons (Fsp3) is 0.480. The molecule has 2 aliphatic rings. The minimum Gasteiger partial charge on any atom is -0.376 e. The lowest BCUT2D eigenvalue weighted by molar-refractivity contribution is -0.384. The molecule has 8 heteroatoms. The molecule has 2 aromatic rings. The smallest absolute Gasteiger partial charge is 0.269 e. The van der Waals surface area contributed by atoms with Gasteiger partial charge in [-0.05, 0) is 87.5 Å². The summed E-state index contributed by atoms with van der Waals surface area (Å²) in [6, 6.07) is 8.72. The lowest BCUT2D eigenvalue weighted by Gasteiger charge is -2.27. The Balaban J connectivity index is 1.51. The highest BCUT2D eigenvalue weighted by Gasteiger charge is 2.29. The molecule has 1 atom stereocenters. The van der Waals surface area contributed by atoms with Crippen molar-refractivity contribution in [2.75, 3.05) is 37.7 Å². The van der Waals surface area contributed by atoms with Gasteiger partial charge in [0.15, 0.2) is 0 Å².